The first-order valence-electron chi connectivity index (χ1n) is 9.95. The topological polar surface area (TPSA) is 74.8 Å². The van der Waals surface area contributed by atoms with Gasteiger partial charge >= 0.3 is 12.0 Å². The van der Waals surface area contributed by atoms with Crippen molar-refractivity contribution in [2.45, 2.75) is 32.7 Å². The highest BCUT2D eigenvalue weighted by molar-refractivity contribution is 5.81. The lowest BCUT2D eigenvalue weighted by molar-refractivity contribution is -0.141. The number of hydrogen-bond acceptors (Lipinski definition) is 5. The van der Waals surface area contributed by atoms with Gasteiger partial charge in [-0.25, -0.2) is 4.79 Å². The lowest BCUT2D eigenvalue weighted by Gasteiger charge is -2.34. The van der Waals surface area contributed by atoms with E-state index in [1.165, 1.54) is 18.4 Å². The van der Waals surface area contributed by atoms with Crippen LogP contribution in [0.15, 0.2) is 24.5 Å². The number of likely N-dealkylation sites (tertiary alicyclic amines) is 2. The normalized spacial score (nSPS) is 21.2. The van der Waals surface area contributed by atoms with Gasteiger partial charge in [0.15, 0.2) is 0 Å². The summed E-state index contributed by atoms with van der Waals surface area (Å²) < 4.78 is 4.84. The van der Waals surface area contributed by atoms with Crippen molar-refractivity contribution in [1.82, 2.24) is 20.1 Å². The van der Waals surface area contributed by atoms with Gasteiger partial charge in [0, 0.05) is 32.0 Å². The van der Waals surface area contributed by atoms with Crippen LogP contribution in [0.4, 0.5) is 4.79 Å². The van der Waals surface area contributed by atoms with Crippen LogP contribution in [0.3, 0.4) is 0 Å². The Morgan fingerprint density at radius 1 is 1.22 bits per heavy atom. The van der Waals surface area contributed by atoms with E-state index >= 15 is 0 Å². The number of amides is 2. The molecule has 0 unspecified atom stereocenters. The van der Waals surface area contributed by atoms with E-state index in [9.17, 15) is 9.59 Å². The number of hydrogen-bond donors (Lipinski definition) is 1. The Morgan fingerprint density at radius 3 is 2.70 bits per heavy atom. The van der Waals surface area contributed by atoms with Crippen LogP contribution >= 0.6 is 0 Å². The average Bonchev–Trinajstić information content (AvgIpc) is 3.18. The molecule has 0 aromatic carbocycles. The summed E-state index contributed by atoms with van der Waals surface area (Å²) in [6.07, 6.45) is 7.17. The molecule has 7 nitrogen and oxygen atoms in total. The minimum atomic E-state index is -0.386. The zero-order valence-corrected chi connectivity index (χ0v) is 16.1. The van der Waals surface area contributed by atoms with Crippen molar-refractivity contribution >= 4 is 12.0 Å². The van der Waals surface area contributed by atoms with Crippen LogP contribution in [0.5, 0.6) is 0 Å². The summed E-state index contributed by atoms with van der Waals surface area (Å²) in [7, 11) is 0. The maximum absolute atomic E-state index is 12.2. The third-order valence-corrected chi connectivity index (χ3v) is 5.63. The second kappa shape index (κ2) is 9.69. The van der Waals surface area contributed by atoms with Crippen molar-refractivity contribution in [3.63, 3.8) is 0 Å². The Kier molecular flexibility index (Phi) is 7.04. The van der Waals surface area contributed by atoms with Crippen molar-refractivity contribution in [2.24, 2.45) is 11.8 Å². The summed E-state index contributed by atoms with van der Waals surface area (Å²) in [6.45, 7) is 6.77. The number of aromatic nitrogens is 1. The summed E-state index contributed by atoms with van der Waals surface area (Å²) in [5.74, 6) is 0.861. The van der Waals surface area contributed by atoms with Gasteiger partial charge in [-0.05, 0) is 62.7 Å². The van der Waals surface area contributed by atoms with E-state index in [4.69, 9.17) is 4.74 Å². The van der Waals surface area contributed by atoms with Crippen LogP contribution in [0.1, 0.15) is 31.7 Å². The summed E-state index contributed by atoms with van der Waals surface area (Å²) in [5.41, 5.74) is 1.27. The number of pyridine rings is 1. The fraction of sp³-hybridized carbons (Fsp3) is 0.650. The predicted molar refractivity (Wildman–Crippen MR) is 102 cm³/mol. The Hall–Kier alpha value is -2.15. The molecule has 3 rings (SSSR count). The number of rotatable bonds is 6. The molecule has 2 aliphatic rings. The summed E-state index contributed by atoms with van der Waals surface area (Å²) >= 11 is 0. The van der Waals surface area contributed by atoms with Crippen LogP contribution in [0.25, 0.3) is 0 Å². The van der Waals surface area contributed by atoms with Gasteiger partial charge in [0.25, 0.3) is 0 Å². The first kappa shape index (κ1) is 19.6. The van der Waals surface area contributed by atoms with Crippen LogP contribution in [0, 0.1) is 11.8 Å². The second-order valence-corrected chi connectivity index (χ2v) is 7.43. The zero-order valence-electron chi connectivity index (χ0n) is 16.1. The minimum absolute atomic E-state index is 0.0550. The highest BCUT2D eigenvalue weighted by atomic mass is 16.5. The maximum atomic E-state index is 12.2. The number of carbonyl (C=O) groups excluding carboxylic acids is 2. The number of nitrogens with zero attached hydrogens (tertiary/aromatic N) is 3. The Bertz CT molecular complexity index is 617. The smallest absolute Gasteiger partial charge is 0.325 e. The van der Waals surface area contributed by atoms with Gasteiger partial charge in [-0.1, -0.05) is 6.07 Å². The molecule has 7 heteroatoms. The number of esters is 1. The van der Waals surface area contributed by atoms with Crippen molar-refractivity contribution in [3.8, 4) is 0 Å². The van der Waals surface area contributed by atoms with E-state index in [1.807, 2.05) is 23.4 Å². The van der Waals surface area contributed by atoms with Crippen molar-refractivity contribution in [2.75, 3.05) is 39.3 Å². The summed E-state index contributed by atoms with van der Waals surface area (Å²) in [6, 6.07) is 3.96. The van der Waals surface area contributed by atoms with Gasteiger partial charge in [0.1, 0.15) is 6.54 Å². The molecule has 0 spiro atoms. The lowest BCUT2D eigenvalue weighted by atomic mass is 9.83. The highest BCUT2D eigenvalue weighted by Crippen LogP contribution is 2.32. The fourth-order valence-corrected chi connectivity index (χ4v) is 4.16. The first-order chi connectivity index (χ1) is 13.2. The molecule has 2 amide bonds. The van der Waals surface area contributed by atoms with Crippen LogP contribution in [-0.2, 0) is 16.1 Å². The minimum Gasteiger partial charge on any atom is -0.465 e. The van der Waals surface area contributed by atoms with Gasteiger partial charge in [0.05, 0.1) is 6.61 Å². The molecule has 3 heterocycles. The number of urea groups is 1. The molecule has 148 valence electrons. The maximum Gasteiger partial charge on any atom is 0.325 e. The van der Waals surface area contributed by atoms with E-state index in [2.05, 4.69) is 21.3 Å². The Labute approximate surface area is 161 Å². The zero-order chi connectivity index (χ0) is 19.1. The van der Waals surface area contributed by atoms with Crippen molar-refractivity contribution in [1.29, 1.82) is 0 Å². The molecule has 0 bridgehead atoms. The SMILES string of the molecule is CCOC(=O)CNC(=O)N1CC[C@H](C2CCN(Cc3cccnc3)CC2)C1. The van der Waals surface area contributed by atoms with E-state index in [0.29, 0.717) is 18.4 Å². The van der Waals surface area contributed by atoms with Gasteiger partial charge in [-0.15, -0.1) is 0 Å². The number of piperidine rings is 1. The van der Waals surface area contributed by atoms with E-state index < -0.39 is 0 Å². The molecule has 0 saturated carbocycles. The van der Waals surface area contributed by atoms with Crippen LogP contribution < -0.4 is 5.32 Å². The lowest BCUT2D eigenvalue weighted by Crippen LogP contribution is -2.42. The molecule has 2 saturated heterocycles. The van der Waals surface area contributed by atoms with E-state index in [0.717, 1.165) is 39.1 Å². The first-order valence-corrected chi connectivity index (χ1v) is 9.95. The van der Waals surface area contributed by atoms with Gasteiger partial charge in [-0.3, -0.25) is 14.7 Å². The molecule has 2 aliphatic heterocycles. The van der Waals surface area contributed by atoms with Crippen LogP contribution in [-0.4, -0.2) is 66.1 Å². The number of nitrogens with one attached hydrogen (secondary N) is 1. The highest BCUT2D eigenvalue weighted by Gasteiger charge is 2.33. The molecule has 1 N–H and O–H groups in total. The summed E-state index contributed by atoms with van der Waals surface area (Å²) in [5, 5.41) is 2.67. The van der Waals surface area contributed by atoms with E-state index in [-0.39, 0.29) is 18.5 Å². The van der Waals surface area contributed by atoms with Gasteiger partial charge in [-0.2, -0.15) is 0 Å². The number of carbonyl (C=O) groups is 2. The van der Waals surface area contributed by atoms with Gasteiger partial charge < -0.3 is 15.0 Å². The van der Waals surface area contributed by atoms with E-state index in [1.54, 1.807) is 6.92 Å². The molecule has 0 radical (unpaired) electrons. The van der Waals surface area contributed by atoms with Crippen molar-refractivity contribution < 1.29 is 14.3 Å². The molecular formula is C20H30N4O3. The largest absolute Gasteiger partial charge is 0.465 e. The predicted octanol–water partition coefficient (Wildman–Crippen LogP) is 1.89. The fourth-order valence-electron chi connectivity index (χ4n) is 4.16. The molecule has 0 aliphatic carbocycles. The monoisotopic (exact) mass is 374 g/mol. The average molecular weight is 374 g/mol. The molecule has 27 heavy (non-hydrogen) atoms. The Balaban J connectivity index is 1.38. The quantitative estimate of drug-likeness (QED) is 0.770. The Morgan fingerprint density at radius 2 is 2.00 bits per heavy atom. The number of ether oxygens (including phenoxy) is 1. The van der Waals surface area contributed by atoms with Crippen molar-refractivity contribution in [3.05, 3.63) is 30.1 Å². The molecule has 1 atom stereocenters. The molecule has 1 aromatic rings. The van der Waals surface area contributed by atoms with Gasteiger partial charge in [0.2, 0.25) is 0 Å². The summed E-state index contributed by atoms with van der Waals surface area (Å²) in [4.78, 5) is 32.1. The van der Waals surface area contributed by atoms with Crippen LogP contribution in [0.2, 0.25) is 0 Å². The molecular weight excluding hydrogens is 344 g/mol. The molecule has 2 fully saturated rings. The second-order valence-electron chi connectivity index (χ2n) is 7.43. The standard InChI is InChI=1S/C20H30N4O3/c1-2-27-19(25)13-22-20(26)24-11-7-18(15-24)17-5-9-23(10-6-17)14-16-4-3-8-21-12-16/h3-4,8,12,17-18H,2,5-7,9-11,13-15H2,1H3,(H,22,26)/t18-/m0/s1. The third-order valence-electron chi connectivity index (χ3n) is 5.63. The third kappa shape index (κ3) is 5.66. The molecule has 1 aromatic heterocycles.